The topological polar surface area (TPSA) is 129 Å². The van der Waals surface area contributed by atoms with Gasteiger partial charge in [0.15, 0.2) is 11.5 Å². The van der Waals surface area contributed by atoms with Gasteiger partial charge >= 0.3 is 5.69 Å². The van der Waals surface area contributed by atoms with Gasteiger partial charge in [0, 0.05) is 34.7 Å². The number of nitrogens with zero attached hydrogens (tertiary/aromatic N) is 4. The minimum Gasteiger partial charge on any atom is -0.493 e. The third-order valence-electron chi connectivity index (χ3n) is 6.46. The lowest BCUT2D eigenvalue weighted by Gasteiger charge is -2.15. The number of aromatic nitrogens is 4. The molecule has 11 nitrogen and oxygen atoms in total. The standard InChI is InChI=1S/C30H27FN6O5/c1-17(2)37-30(40)36(21-11-5-18(31)6-12-21)29(39)27(35-37)28(38)34-20-9-7-19(8-10-20)33-23-13-14-32-24-16-26(42-4)25(41-3)15-22(23)24/h5-17H,1-4H3,(H,32,33)(H,34,38). The third-order valence-corrected chi connectivity index (χ3v) is 6.46. The number of ether oxygens (including phenoxy) is 2. The number of rotatable bonds is 8. The van der Waals surface area contributed by atoms with Crippen LogP contribution in [-0.4, -0.2) is 39.5 Å². The van der Waals surface area contributed by atoms with Crippen molar-refractivity contribution in [3.63, 3.8) is 0 Å². The number of carbonyl (C=O) groups excluding carboxylic acids is 1. The van der Waals surface area contributed by atoms with Crippen molar-refractivity contribution in [2.45, 2.75) is 19.9 Å². The number of nitrogens with one attached hydrogen (secondary N) is 2. The maximum atomic E-state index is 13.5. The molecule has 0 aliphatic heterocycles. The molecule has 0 aliphatic rings. The lowest BCUT2D eigenvalue weighted by Crippen LogP contribution is -2.45. The second-order valence-corrected chi connectivity index (χ2v) is 9.53. The summed E-state index contributed by atoms with van der Waals surface area (Å²) in [5, 5.41) is 10.9. The SMILES string of the molecule is COc1cc2nccc(Nc3ccc(NC(=O)c4nn(C(C)C)c(=O)n(-c5ccc(F)cc5)c4=O)cc3)c2cc1OC. The third kappa shape index (κ3) is 5.42. The van der Waals surface area contributed by atoms with Crippen molar-refractivity contribution < 1.29 is 18.7 Å². The van der Waals surface area contributed by atoms with Crippen molar-refractivity contribution >= 4 is 33.9 Å². The van der Waals surface area contributed by atoms with E-state index in [9.17, 15) is 18.8 Å². The molecule has 0 atom stereocenters. The molecule has 0 unspecified atom stereocenters. The summed E-state index contributed by atoms with van der Waals surface area (Å²) in [4.78, 5) is 43.8. The van der Waals surface area contributed by atoms with E-state index in [0.29, 0.717) is 22.7 Å². The number of fused-ring (bicyclic) bond motifs is 1. The fourth-order valence-electron chi connectivity index (χ4n) is 4.35. The molecule has 0 bridgehead atoms. The molecular weight excluding hydrogens is 543 g/mol. The first kappa shape index (κ1) is 28.0. The normalized spacial score (nSPS) is 11.0. The first-order valence-electron chi connectivity index (χ1n) is 12.9. The number of carbonyl (C=O) groups is 1. The zero-order valence-corrected chi connectivity index (χ0v) is 23.2. The Morgan fingerprint density at radius 3 is 2.19 bits per heavy atom. The summed E-state index contributed by atoms with van der Waals surface area (Å²) in [5.41, 5.74) is 0.579. The van der Waals surface area contributed by atoms with Gasteiger partial charge in [-0.1, -0.05) is 0 Å². The van der Waals surface area contributed by atoms with Crippen LogP contribution in [0.5, 0.6) is 11.5 Å². The highest BCUT2D eigenvalue weighted by molar-refractivity contribution is 6.02. The highest BCUT2D eigenvalue weighted by atomic mass is 19.1. The predicted molar refractivity (Wildman–Crippen MR) is 157 cm³/mol. The van der Waals surface area contributed by atoms with Gasteiger partial charge in [0.05, 0.1) is 31.5 Å². The van der Waals surface area contributed by atoms with Crippen molar-refractivity contribution in [2.75, 3.05) is 24.9 Å². The van der Waals surface area contributed by atoms with Crippen molar-refractivity contribution in [1.82, 2.24) is 19.3 Å². The smallest absolute Gasteiger partial charge is 0.352 e. The Morgan fingerprint density at radius 2 is 1.55 bits per heavy atom. The van der Waals surface area contributed by atoms with Gasteiger partial charge < -0.3 is 20.1 Å². The summed E-state index contributed by atoms with van der Waals surface area (Å²) in [6.45, 7) is 3.39. The maximum Gasteiger partial charge on any atom is 0.352 e. The van der Waals surface area contributed by atoms with Crippen LogP contribution in [0.2, 0.25) is 0 Å². The van der Waals surface area contributed by atoms with Crippen LogP contribution >= 0.6 is 0 Å². The van der Waals surface area contributed by atoms with Crippen LogP contribution < -0.4 is 31.4 Å². The Balaban J connectivity index is 1.42. The zero-order chi connectivity index (χ0) is 30.0. The van der Waals surface area contributed by atoms with Gasteiger partial charge in [-0.05, 0) is 74.5 Å². The highest BCUT2D eigenvalue weighted by Gasteiger charge is 2.22. The summed E-state index contributed by atoms with van der Waals surface area (Å²) < 4.78 is 26.1. The molecule has 0 saturated heterocycles. The molecule has 42 heavy (non-hydrogen) atoms. The molecule has 0 aliphatic carbocycles. The van der Waals surface area contributed by atoms with Gasteiger partial charge in [0.25, 0.3) is 11.5 Å². The Kier molecular flexibility index (Phi) is 7.69. The first-order chi connectivity index (χ1) is 20.2. The summed E-state index contributed by atoms with van der Waals surface area (Å²) in [7, 11) is 3.12. The number of methoxy groups -OCH3 is 2. The van der Waals surface area contributed by atoms with E-state index in [0.717, 1.165) is 38.1 Å². The van der Waals surface area contributed by atoms with Crippen molar-refractivity contribution in [1.29, 1.82) is 0 Å². The molecule has 0 radical (unpaired) electrons. The first-order valence-corrected chi connectivity index (χ1v) is 12.9. The number of hydrogen-bond acceptors (Lipinski definition) is 8. The molecular formula is C30H27FN6O5. The minimum atomic E-state index is -0.920. The van der Waals surface area contributed by atoms with Crippen LogP contribution in [-0.2, 0) is 0 Å². The van der Waals surface area contributed by atoms with E-state index in [1.807, 2.05) is 12.1 Å². The van der Waals surface area contributed by atoms with Gasteiger partial charge in [-0.2, -0.15) is 5.10 Å². The summed E-state index contributed by atoms with van der Waals surface area (Å²) >= 11 is 0. The van der Waals surface area contributed by atoms with E-state index in [4.69, 9.17) is 9.47 Å². The summed E-state index contributed by atoms with van der Waals surface area (Å²) in [5.74, 6) is -0.197. The maximum absolute atomic E-state index is 13.5. The molecule has 214 valence electrons. The Morgan fingerprint density at radius 1 is 0.905 bits per heavy atom. The van der Waals surface area contributed by atoms with E-state index >= 15 is 0 Å². The Labute approximate surface area is 239 Å². The monoisotopic (exact) mass is 570 g/mol. The van der Waals surface area contributed by atoms with Gasteiger partial charge in [-0.15, -0.1) is 0 Å². The largest absolute Gasteiger partial charge is 0.493 e. The second-order valence-electron chi connectivity index (χ2n) is 9.53. The van der Waals surface area contributed by atoms with E-state index in [1.54, 1.807) is 64.6 Å². The predicted octanol–water partition coefficient (Wildman–Crippen LogP) is 4.68. The molecule has 2 N–H and O–H groups in total. The molecule has 1 amide bonds. The van der Waals surface area contributed by atoms with E-state index < -0.39 is 34.7 Å². The molecule has 5 rings (SSSR count). The van der Waals surface area contributed by atoms with E-state index in [2.05, 4.69) is 20.7 Å². The van der Waals surface area contributed by atoms with Gasteiger partial charge in [0.2, 0.25) is 5.69 Å². The van der Waals surface area contributed by atoms with E-state index in [-0.39, 0.29) is 5.69 Å². The Hall–Kier alpha value is -5.52. The van der Waals surface area contributed by atoms with Crippen molar-refractivity contribution in [2.24, 2.45) is 0 Å². The average molecular weight is 571 g/mol. The molecule has 0 saturated carbocycles. The van der Waals surface area contributed by atoms with E-state index in [1.165, 1.54) is 12.1 Å². The number of amides is 1. The molecule has 2 heterocycles. The fraction of sp³-hybridized carbons (Fsp3) is 0.167. The van der Waals surface area contributed by atoms with Gasteiger partial charge in [-0.3, -0.25) is 14.6 Å². The highest BCUT2D eigenvalue weighted by Crippen LogP contribution is 2.35. The van der Waals surface area contributed by atoms with Crippen LogP contribution in [0.25, 0.3) is 16.6 Å². The quantitative estimate of drug-likeness (QED) is 0.275. The van der Waals surface area contributed by atoms with Gasteiger partial charge in [-0.25, -0.2) is 18.4 Å². The Bertz CT molecular complexity index is 1900. The lowest BCUT2D eigenvalue weighted by molar-refractivity contribution is 0.101. The number of anilines is 3. The lowest BCUT2D eigenvalue weighted by atomic mass is 10.1. The molecule has 0 fully saturated rings. The number of hydrogen-bond donors (Lipinski definition) is 2. The fourth-order valence-corrected chi connectivity index (χ4v) is 4.35. The second kappa shape index (κ2) is 11.5. The van der Waals surface area contributed by atoms with Crippen molar-refractivity contribution in [3.8, 4) is 17.2 Å². The van der Waals surface area contributed by atoms with Crippen LogP contribution in [0.1, 0.15) is 30.4 Å². The molecule has 12 heteroatoms. The molecule has 2 aromatic heterocycles. The summed E-state index contributed by atoms with van der Waals surface area (Å²) in [6.07, 6.45) is 1.67. The number of pyridine rings is 1. The van der Waals surface area contributed by atoms with Crippen LogP contribution in [0.4, 0.5) is 21.5 Å². The number of benzene rings is 3. The number of halogens is 1. The molecule has 5 aromatic rings. The van der Waals surface area contributed by atoms with Crippen LogP contribution in [0, 0.1) is 5.82 Å². The minimum absolute atomic E-state index is 0.118. The van der Waals surface area contributed by atoms with Crippen molar-refractivity contribution in [3.05, 3.63) is 105 Å². The molecule has 0 spiro atoms. The van der Waals surface area contributed by atoms with Crippen LogP contribution in [0.3, 0.4) is 0 Å². The van der Waals surface area contributed by atoms with Crippen LogP contribution in [0.15, 0.2) is 82.5 Å². The molecule has 3 aromatic carbocycles. The summed E-state index contributed by atoms with van der Waals surface area (Å²) in [6, 6.07) is 16.6. The van der Waals surface area contributed by atoms with Gasteiger partial charge in [0.1, 0.15) is 5.82 Å². The zero-order valence-electron chi connectivity index (χ0n) is 23.2. The average Bonchev–Trinajstić information content (AvgIpc) is 2.98.